The Kier molecular flexibility index (Phi) is 4.95. The molecular weight excluding hydrogens is 372 g/mol. The van der Waals surface area contributed by atoms with Crippen molar-refractivity contribution in [2.24, 2.45) is 0 Å². The number of carbonyl (C=O) groups excluding carboxylic acids is 1. The normalized spacial score (nSPS) is 14.1. The van der Waals surface area contributed by atoms with Crippen LogP contribution in [0.5, 0.6) is 0 Å². The number of amides is 1. The molecule has 0 atom stereocenters. The van der Waals surface area contributed by atoms with Crippen molar-refractivity contribution in [1.82, 2.24) is 30.1 Å². The molecule has 4 rings (SSSR count). The van der Waals surface area contributed by atoms with Gasteiger partial charge < -0.3 is 14.2 Å². The van der Waals surface area contributed by atoms with Gasteiger partial charge in [0.2, 0.25) is 23.3 Å². The number of carbonyl (C=O) groups is 1. The maximum Gasteiger partial charge on any atom is 0.246 e. The number of piperazine rings is 1. The molecule has 29 heavy (non-hydrogen) atoms. The summed E-state index contributed by atoms with van der Waals surface area (Å²) in [6, 6.07) is 9.86. The molecule has 1 fully saturated rings. The smallest absolute Gasteiger partial charge is 0.246 e. The number of hydrogen-bond donors (Lipinski definition) is 0. The number of tetrazole rings is 1. The average Bonchev–Trinajstić information content (AvgIpc) is 3.35. The second-order valence-electron chi connectivity index (χ2n) is 6.88. The first-order chi connectivity index (χ1) is 14.0. The van der Waals surface area contributed by atoms with Gasteiger partial charge >= 0.3 is 0 Å². The molecule has 0 spiro atoms. The molecule has 3 heterocycles. The molecule has 1 amide bonds. The number of aromatic nitrogens is 5. The molecule has 0 radical (unpaired) electrons. The lowest BCUT2D eigenvalue weighted by Gasteiger charge is -2.34. The maximum absolute atomic E-state index is 12.6. The summed E-state index contributed by atoms with van der Waals surface area (Å²) in [7, 11) is 0. The first kappa shape index (κ1) is 18.6. The van der Waals surface area contributed by atoms with Gasteiger partial charge in [-0.05, 0) is 12.1 Å². The van der Waals surface area contributed by atoms with Crippen molar-refractivity contribution in [2.45, 2.75) is 20.4 Å². The van der Waals surface area contributed by atoms with Crippen molar-refractivity contribution in [3.05, 3.63) is 41.4 Å². The quantitative estimate of drug-likeness (QED) is 0.649. The average molecular weight is 392 g/mol. The summed E-state index contributed by atoms with van der Waals surface area (Å²) in [6.45, 7) is 5.91. The third-order valence-corrected chi connectivity index (χ3v) is 4.78. The molecule has 0 saturated carbocycles. The SMILES string of the molecule is Cc1ccc(-c2nnn(CC(=O)N3CCN(c4oc(C)nc4C#N)CC3)n2)cc1. The maximum atomic E-state index is 12.6. The zero-order chi connectivity index (χ0) is 20.4. The molecule has 10 nitrogen and oxygen atoms in total. The summed E-state index contributed by atoms with van der Waals surface area (Å²) in [4.78, 5) is 21.7. The fraction of sp³-hybridized carbons (Fsp3) is 0.368. The van der Waals surface area contributed by atoms with E-state index in [9.17, 15) is 10.1 Å². The largest absolute Gasteiger partial charge is 0.424 e. The van der Waals surface area contributed by atoms with Gasteiger partial charge in [-0.15, -0.1) is 10.2 Å². The number of benzene rings is 1. The standard InChI is InChI=1S/C19H20N8O2/c1-13-3-5-15(6-4-13)18-22-24-27(23-18)12-17(28)25-7-9-26(10-8-25)19-16(11-20)21-14(2)29-19/h3-6H,7-10,12H2,1-2H3. The highest BCUT2D eigenvalue weighted by Crippen LogP contribution is 2.22. The van der Waals surface area contributed by atoms with E-state index in [2.05, 4.69) is 20.4 Å². The Morgan fingerprint density at radius 1 is 1.17 bits per heavy atom. The Balaban J connectivity index is 1.36. The van der Waals surface area contributed by atoms with Crippen molar-refractivity contribution in [2.75, 3.05) is 31.1 Å². The van der Waals surface area contributed by atoms with E-state index >= 15 is 0 Å². The van der Waals surface area contributed by atoms with Crippen molar-refractivity contribution < 1.29 is 9.21 Å². The summed E-state index contributed by atoms with van der Waals surface area (Å²) in [5.74, 6) is 1.34. The van der Waals surface area contributed by atoms with Crippen LogP contribution in [0.3, 0.4) is 0 Å². The summed E-state index contributed by atoms with van der Waals surface area (Å²) in [6.07, 6.45) is 0. The van der Waals surface area contributed by atoms with Gasteiger partial charge in [0.05, 0.1) is 0 Å². The van der Waals surface area contributed by atoms with E-state index in [4.69, 9.17) is 4.42 Å². The van der Waals surface area contributed by atoms with E-state index < -0.39 is 0 Å². The van der Waals surface area contributed by atoms with Gasteiger partial charge in [0.25, 0.3) is 0 Å². The van der Waals surface area contributed by atoms with Crippen LogP contribution in [0.4, 0.5) is 5.88 Å². The third-order valence-electron chi connectivity index (χ3n) is 4.78. The van der Waals surface area contributed by atoms with Gasteiger partial charge in [-0.1, -0.05) is 29.8 Å². The van der Waals surface area contributed by atoms with Crippen LogP contribution in [-0.2, 0) is 11.3 Å². The van der Waals surface area contributed by atoms with Gasteiger partial charge in [0, 0.05) is 38.7 Å². The molecule has 3 aromatic rings. The van der Waals surface area contributed by atoms with Crippen LogP contribution >= 0.6 is 0 Å². The zero-order valence-corrected chi connectivity index (χ0v) is 16.2. The van der Waals surface area contributed by atoms with Crippen molar-refractivity contribution in [3.63, 3.8) is 0 Å². The molecule has 0 bridgehead atoms. The predicted molar refractivity (Wildman–Crippen MR) is 103 cm³/mol. The molecule has 0 unspecified atom stereocenters. The fourth-order valence-electron chi connectivity index (χ4n) is 3.21. The van der Waals surface area contributed by atoms with Gasteiger partial charge in [0.15, 0.2) is 5.89 Å². The summed E-state index contributed by atoms with van der Waals surface area (Å²) in [5.41, 5.74) is 2.29. The monoisotopic (exact) mass is 392 g/mol. The second-order valence-corrected chi connectivity index (χ2v) is 6.88. The Morgan fingerprint density at radius 2 is 1.90 bits per heavy atom. The van der Waals surface area contributed by atoms with Gasteiger partial charge in [0.1, 0.15) is 12.6 Å². The van der Waals surface area contributed by atoms with E-state index in [0.717, 1.165) is 11.1 Å². The molecule has 0 aliphatic carbocycles. The minimum Gasteiger partial charge on any atom is -0.424 e. The number of oxazole rings is 1. The van der Waals surface area contributed by atoms with Crippen LogP contribution in [0.25, 0.3) is 11.4 Å². The van der Waals surface area contributed by atoms with Crippen LogP contribution in [0.1, 0.15) is 17.1 Å². The highest BCUT2D eigenvalue weighted by atomic mass is 16.4. The molecule has 148 valence electrons. The molecule has 1 aromatic carbocycles. The molecular formula is C19H20N8O2. The number of nitrogens with zero attached hydrogens (tertiary/aromatic N) is 8. The van der Waals surface area contributed by atoms with E-state index in [1.165, 1.54) is 4.80 Å². The zero-order valence-electron chi connectivity index (χ0n) is 16.2. The van der Waals surface area contributed by atoms with E-state index in [-0.39, 0.29) is 18.1 Å². The van der Waals surface area contributed by atoms with E-state index in [1.807, 2.05) is 42.2 Å². The number of aryl methyl sites for hydroxylation is 2. The van der Waals surface area contributed by atoms with Gasteiger partial charge in [-0.3, -0.25) is 4.79 Å². The second kappa shape index (κ2) is 7.71. The van der Waals surface area contributed by atoms with Crippen molar-refractivity contribution >= 4 is 11.8 Å². The van der Waals surface area contributed by atoms with Gasteiger partial charge in [-0.25, -0.2) is 4.98 Å². The Morgan fingerprint density at radius 3 is 2.59 bits per heavy atom. The Bertz CT molecular complexity index is 1050. The van der Waals surface area contributed by atoms with Gasteiger partial charge in [-0.2, -0.15) is 10.1 Å². The lowest BCUT2D eigenvalue weighted by Crippen LogP contribution is -2.49. The highest BCUT2D eigenvalue weighted by Gasteiger charge is 2.26. The summed E-state index contributed by atoms with van der Waals surface area (Å²) >= 11 is 0. The Labute approximate surface area is 167 Å². The van der Waals surface area contributed by atoms with E-state index in [0.29, 0.717) is 43.8 Å². The third kappa shape index (κ3) is 3.94. The molecule has 2 aromatic heterocycles. The van der Waals surface area contributed by atoms with Crippen molar-refractivity contribution in [3.8, 4) is 17.5 Å². The molecule has 0 N–H and O–H groups in total. The van der Waals surface area contributed by atoms with Crippen LogP contribution in [-0.4, -0.2) is 62.2 Å². The first-order valence-electron chi connectivity index (χ1n) is 9.28. The summed E-state index contributed by atoms with van der Waals surface area (Å²) in [5, 5.41) is 21.5. The highest BCUT2D eigenvalue weighted by molar-refractivity contribution is 5.76. The molecule has 1 saturated heterocycles. The lowest BCUT2D eigenvalue weighted by atomic mass is 10.1. The topological polar surface area (TPSA) is 117 Å². The van der Waals surface area contributed by atoms with E-state index in [1.54, 1.807) is 11.8 Å². The first-order valence-corrected chi connectivity index (χ1v) is 9.28. The number of rotatable bonds is 4. The predicted octanol–water partition coefficient (Wildman–Crippen LogP) is 1.17. The van der Waals surface area contributed by atoms with Crippen LogP contribution in [0, 0.1) is 25.2 Å². The minimum atomic E-state index is -0.0771. The van der Waals surface area contributed by atoms with Crippen LogP contribution < -0.4 is 4.90 Å². The molecule has 1 aliphatic heterocycles. The lowest BCUT2D eigenvalue weighted by molar-refractivity contribution is -0.132. The number of anilines is 1. The van der Waals surface area contributed by atoms with Crippen LogP contribution in [0.2, 0.25) is 0 Å². The van der Waals surface area contributed by atoms with Crippen LogP contribution in [0.15, 0.2) is 28.7 Å². The fourth-order valence-corrected chi connectivity index (χ4v) is 3.21. The number of hydrogen-bond acceptors (Lipinski definition) is 8. The van der Waals surface area contributed by atoms with Crippen molar-refractivity contribution in [1.29, 1.82) is 5.26 Å². The minimum absolute atomic E-state index is 0.0315. The number of nitriles is 1. The molecule has 10 heteroatoms. The molecule has 1 aliphatic rings. The Hall–Kier alpha value is -3.74. The summed E-state index contributed by atoms with van der Waals surface area (Å²) < 4.78 is 5.55.